The SMILES string of the molecule is [2H]c1c([2H])c([2H])c2c(c1[2H])c1c([2H])c([2H])c([2H])c([2H])c1n2-c1ccc2c(c1)N(c1c(-c3ccccc3)cccc1-c1ccccc1)c1cc(-n3c4c([2H])c([2H])c([2H])c([2H])c4c4c([2H])c([2H])c([2H])c([2H])c43)cc3c1B2c1ccc2oc4ccc(-c5ccc6c(c5)-c5ccccc5C65c6ccccc6-c6ccccc65)cc4c2c1[Se]3. The van der Waals surface area contributed by atoms with Crippen LogP contribution in [0.5, 0.6) is 0 Å². The molecule has 0 amide bonds. The van der Waals surface area contributed by atoms with Crippen molar-refractivity contribution in [2.75, 3.05) is 4.90 Å². The number of rotatable bonds is 6. The summed E-state index contributed by atoms with van der Waals surface area (Å²) in [5.74, 6) is 0. The second-order valence-electron chi connectivity index (χ2n) is 25.3. The molecule has 2 aliphatic carbocycles. The van der Waals surface area contributed by atoms with Gasteiger partial charge in [0.1, 0.15) is 0 Å². The maximum absolute atomic E-state index is 9.90. The average molecular weight is 1310 g/mol. The molecule has 5 heterocycles. The van der Waals surface area contributed by atoms with Crippen LogP contribution >= 0.6 is 0 Å². The molecule has 4 aliphatic rings. The molecule has 0 radical (unpaired) electrons. The van der Waals surface area contributed by atoms with Crippen LogP contribution in [0.3, 0.4) is 0 Å². The molecule has 0 bridgehead atoms. The first-order valence-electron chi connectivity index (χ1n) is 40.3. The molecular formula is C91H54BN3OSe. The van der Waals surface area contributed by atoms with Crippen molar-refractivity contribution in [1.29, 1.82) is 0 Å². The summed E-state index contributed by atoms with van der Waals surface area (Å²) in [5, 5.41) is 1.38. The van der Waals surface area contributed by atoms with E-state index in [4.69, 9.17) is 9.90 Å². The monoisotopic (exact) mass is 1310 g/mol. The Morgan fingerprint density at radius 1 is 0.351 bits per heavy atom. The zero-order valence-electron chi connectivity index (χ0n) is 67.2. The Hall–Kier alpha value is -11.9. The van der Waals surface area contributed by atoms with Crippen LogP contribution in [0.1, 0.15) is 44.2 Å². The minimum atomic E-state index is -0.700. The minimum absolute atomic E-state index is 0.0653. The van der Waals surface area contributed by atoms with Gasteiger partial charge in [-0.25, -0.2) is 0 Å². The first kappa shape index (κ1) is 40.4. The Bertz CT molecular complexity index is 7210. The van der Waals surface area contributed by atoms with Crippen LogP contribution in [0.15, 0.2) is 332 Å². The Balaban J connectivity index is 0.860. The standard InChI is InChI=1S/C91H54BN3OSe/c1-3-22-55(23-4-1)61-33-21-34-62(56-24-5-2-6-25-56)89(61)95-82-52-59(93-78-38-17-10-29-66(78)67-30-11-18-39-79(67)93)44-46-76(82)92-77-47-49-85-87(90(77)97-86-54-60(53-83(95)88(86)92)94-80-40-19-12-31-68(80)69-32-13-20-41-81(69)94)71-51-58(43-48-84(71)96-85)57-42-45-75-70(50-57)65-28-9-16-37-74(65)91(75)72-35-14-7-26-63(72)64-27-8-15-36-73(64)91/h1-54H/i10D,11D,12D,13D,17D,18D,19D,20D,29D,30D,31D,32D,38D,39D,40D,41D. The fraction of sp³-hybridized carbons (Fsp3) is 0.0110. The van der Waals surface area contributed by atoms with Gasteiger partial charge in [-0.05, 0) is 0 Å². The van der Waals surface area contributed by atoms with Crippen LogP contribution in [0, 0.1) is 0 Å². The molecule has 18 aromatic rings. The summed E-state index contributed by atoms with van der Waals surface area (Å²) in [7, 11) is 0. The van der Waals surface area contributed by atoms with Gasteiger partial charge in [-0.3, -0.25) is 0 Å². The molecule has 448 valence electrons. The molecule has 97 heavy (non-hydrogen) atoms. The molecule has 0 fully saturated rings. The van der Waals surface area contributed by atoms with E-state index in [1.165, 1.54) is 37.9 Å². The van der Waals surface area contributed by atoms with Crippen molar-refractivity contribution in [3.05, 3.63) is 349 Å². The second kappa shape index (κ2) is 20.1. The quantitative estimate of drug-likeness (QED) is 0.155. The van der Waals surface area contributed by atoms with E-state index in [0.29, 0.717) is 33.9 Å². The third-order valence-electron chi connectivity index (χ3n) is 20.7. The van der Waals surface area contributed by atoms with Gasteiger partial charge in [-0.1, -0.05) is 36.4 Å². The first-order valence-corrected chi connectivity index (χ1v) is 34.0. The van der Waals surface area contributed by atoms with E-state index in [-0.39, 0.29) is 49.3 Å². The summed E-state index contributed by atoms with van der Waals surface area (Å²) >= 11 is -0.700. The molecule has 6 heteroatoms. The summed E-state index contributed by atoms with van der Waals surface area (Å²) in [4.78, 5) is 2.17. The Labute approximate surface area is 588 Å². The second-order valence-corrected chi connectivity index (χ2v) is 27.5. The molecule has 3 aromatic heterocycles. The third kappa shape index (κ3) is 7.27. The van der Waals surface area contributed by atoms with Gasteiger partial charge in [0, 0.05) is 0 Å². The van der Waals surface area contributed by atoms with Crippen molar-refractivity contribution in [2.24, 2.45) is 0 Å². The van der Waals surface area contributed by atoms with Gasteiger partial charge in [0.05, 0.1) is 2.74 Å². The van der Waals surface area contributed by atoms with E-state index < -0.39 is 124 Å². The molecule has 0 saturated heterocycles. The van der Waals surface area contributed by atoms with E-state index in [1.807, 2.05) is 121 Å². The zero-order valence-corrected chi connectivity index (χ0v) is 52.9. The van der Waals surface area contributed by atoms with Crippen molar-refractivity contribution in [3.8, 4) is 67.0 Å². The van der Waals surface area contributed by atoms with Crippen molar-refractivity contribution in [3.63, 3.8) is 0 Å². The van der Waals surface area contributed by atoms with Crippen molar-refractivity contribution < 1.29 is 26.3 Å². The number of hydrogen-bond donors (Lipinski definition) is 0. The number of hydrogen-bond acceptors (Lipinski definition) is 2. The van der Waals surface area contributed by atoms with Crippen LogP contribution < -0.4 is 30.2 Å². The van der Waals surface area contributed by atoms with Gasteiger partial charge >= 0.3 is 553 Å². The Morgan fingerprint density at radius 2 is 0.825 bits per heavy atom. The van der Waals surface area contributed by atoms with Crippen LogP contribution in [-0.4, -0.2) is 30.8 Å². The number of anilines is 3. The summed E-state index contributed by atoms with van der Waals surface area (Å²) in [5.41, 5.74) is 20.3. The van der Waals surface area contributed by atoms with Crippen molar-refractivity contribution in [1.82, 2.24) is 9.13 Å². The summed E-state index contributed by atoms with van der Waals surface area (Å²) in [6.07, 6.45) is 0. The normalized spacial score (nSPS) is 15.9. The predicted octanol–water partition coefficient (Wildman–Crippen LogP) is 19.4. The summed E-state index contributed by atoms with van der Waals surface area (Å²) < 4.78 is 163. The van der Waals surface area contributed by atoms with E-state index in [0.717, 1.165) is 80.6 Å². The molecule has 0 N–H and O–H groups in total. The molecule has 2 aliphatic heterocycles. The summed E-state index contributed by atoms with van der Waals surface area (Å²) in [6, 6.07) is 70.9. The molecule has 1 spiro atoms. The molecule has 0 saturated carbocycles. The Morgan fingerprint density at radius 3 is 1.42 bits per heavy atom. The fourth-order valence-corrected chi connectivity index (χ4v) is 19.7. The van der Waals surface area contributed by atoms with Gasteiger partial charge in [-0.2, -0.15) is 0 Å². The summed E-state index contributed by atoms with van der Waals surface area (Å²) in [6.45, 7) is -0.656. The van der Waals surface area contributed by atoms with E-state index in [9.17, 15) is 16.4 Å². The van der Waals surface area contributed by atoms with Gasteiger partial charge in [0.2, 0.25) is 0 Å². The fourth-order valence-electron chi connectivity index (χ4n) is 16.8. The van der Waals surface area contributed by atoms with Crippen molar-refractivity contribution >= 4 is 130 Å². The molecule has 22 rings (SSSR count). The number of para-hydroxylation sites is 5. The molecule has 0 unspecified atom stereocenters. The predicted molar refractivity (Wildman–Crippen MR) is 406 cm³/mol. The third-order valence-corrected chi connectivity index (χ3v) is 23.2. The van der Waals surface area contributed by atoms with Crippen LogP contribution in [-0.2, 0) is 5.41 Å². The number of benzene rings is 15. The maximum atomic E-state index is 9.90. The zero-order chi connectivity index (χ0) is 77.1. The first-order chi connectivity index (χ1) is 54.8. The Kier molecular flexibility index (Phi) is 8.35. The average Bonchev–Trinajstić information content (AvgIpc) is 1.59. The molecule has 15 aromatic carbocycles. The van der Waals surface area contributed by atoms with E-state index in [1.54, 1.807) is 4.57 Å². The van der Waals surface area contributed by atoms with Gasteiger partial charge in [0.15, 0.2) is 0 Å². The number of furan rings is 1. The van der Waals surface area contributed by atoms with E-state index >= 15 is 0 Å². The molecular weight excluding hydrogens is 1240 g/mol. The van der Waals surface area contributed by atoms with Crippen LogP contribution in [0.25, 0.3) is 133 Å². The van der Waals surface area contributed by atoms with Gasteiger partial charge in [0.25, 0.3) is 0 Å². The van der Waals surface area contributed by atoms with E-state index in [2.05, 4.69) is 114 Å². The van der Waals surface area contributed by atoms with Gasteiger partial charge < -0.3 is 0 Å². The molecule has 0 atom stereocenters. The van der Waals surface area contributed by atoms with Crippen LogP contribution in [0.2, 0.25) is 0 Å². The molecule has 4 nitrogen and oxygen atoms in total. The number of aromatic nitrogens is 2. The number of nitrogens with zero attached hydrogens (tertiary/aromatic N) is 3. The number of fused-ring (bicyclic) bond motifs is 24. The van der Waals surface area contributed by atoms with Crippen LogP contribution in [0.4, 0.5) is 17.1 Å². The topological polar surface area (TPSA) is 26.2 Å². The van der Waals surface area contributed by atoms with Gasteiger partial charge in [-0.15, -0.1) is 0 Å². The van der Waals surface area contributed by atoms with Crippen molar-refractivity contribution in [2.45, 2.75) is 5.41 Å².